The molecule has 4 aliphatic carbocycles. The van der Waals surface area contributed by atoms with Gasteiger partial charge >= 0.3 is 0 Å². The summed E-state index contributed by atoms with van der Waals surface area (Å²) in [4.78, 5) is 0. The fraction of sp³-hybridized carbons (Fsp3) is 1.00. The van der Waals surface area contributed by atoms with Gasteiger partial charge in [0.2, 0.25) is 0 Å². The molecule has 4 fully saturated rings. The zero-order chi connectivity index (χ0) is 13.6. The van der Waals surface area contributed by atoms with E-state index < -0.39 is 0 Å². The van der Waals surface area contributed by atoms with Gasteiger partial charge in [-0.25, -0.2) is 0 Å². The highest BCUT2D eigenvalue weighted by Crippen LogP contribution is 2.61. The molecule has 0 nitrogen and oxygen atoms in total. The second-order valence-corrected chi connectivity index (χ2v) is 9.02. The van der Waals surface area contributed by atoms with Crippen LogP contribution in [-0.2, 0) is 0 Å². The van der Waals surface area contributed by atoms with Gasteiger partial charge in [-0.05, 0) is 73.5 Å². The van der Waals surface area contributed by atoms with E-state index in [2.05, 4.69) is 6.92 Å². The van der Waals surface area contributed by atoms with Gasteiger partial charge in [-0.2, -0.15) is 0 Å². The van der Waals surface area contributed by atoms with Gasteiger partial charge in [0.05, 0.1) is 0 Å². The number of fused-ring (bicyclic) bond motifs is 3. The predicted octanol–water partition coefficient (Wildman–Crippen LogP) is 6.20. The third kappa shape index (κ3) is 2.17. The van der Waals surface area contributed by atoms with Crippen LogP contribution < -0.4 is 0 Å². The van der Waals surface area contributed by atoms with Crippen LogP contribution in [0, 0.1) is 35.0 Å². The first-order chi connectivity index (χ1) is 9.78. The van der Waals surface area contributed by atoms with Crippen molar-refractivity contribution in [3.05, 3.63) is 0 Å². The second-order valence-electron chi connectivity index (χ2n) is 9.02. The molecule has 5 atom stereocenters. The lowest BCUT2D eigenvalue weighted by molar-refractivity contribution is 0.0152. The van der Waals surface area contributed by atoms with Crippen molar-refractivity contribution in [2.45, 2.75) is 90.4 Å². The number of rotatable bonds is 1. The Kier molecular flexibility index (Phi) is 3.63. The first-order valence-electron chi connectivity index (χ1n) is 9.78. The third-order valence-electron chi connectivity index (χ3n) is 8.10. The molecule has 20 heavy (non-hydrogen) atoms. The van der Waals surface area contributed by atoms with Crippen LogP contribution in [0.3, 0.4) is 0 Å². The number of hydrogen-bond donors (Lipinski definition) is 0. The molecule has 5 unspecified atom stereocenters. The lowest BCUT2D eigenvalue weighted by atomic mass is 9.57. The summed E-state index contributed by atoms with van der Waals surface area (Å²) < 4.78 is 0. The standard InChI is InChI=1S/C20H34/c1-20(12-5-2-6-13-20)19-11-7-10-17-16-9-4-3-8-15(16)14-18(17)19/h15-19H,2-14H2,1H3. The minimum Gasteiger partial charge on any atom is -0.0594 e. The van der Waals surface area contributed by atoms with E-state index in [0.717, 1.165) is 35.0 Å². The minimum absolute atomic E-state index is 0.731. The molecular weight excluding hydrogens is 240 g/mol. The van der Waals surface area contributed by atoms with E-state index >= 15 is 0 Å². The highest BCUT2D eigenvalue weighted by Gasteiger charge is 2.52. The third-order valence-corrected chi connectivity index (χ3v) is 8.10. The van der Waals surface area contributed by atoms with Gasteiger partial charge in [0.25, 0.3) is 0 Å². The smallest absolute Gasteiger partial charge is 0.0295 e. The van der Waals surface area contributed by atoms with Gasteiger partial charge in [-0.15, -0.1) is 0 Å². The highest BCUT2D eigenvalue weighted by molar-refractivity contribution is 5.01. The van der Waals surface area contributed by atoms with Crippen LogP contribution in [0.4, 0.5) is 0 Å². The molecule has 0 aromatic rings. The molecule has 0 heterocycles. The molecule has 0 spiro atoms. The van der Waals surface area contributed by atoms with Crippen LogP contribution in [-0.4, -0.2) is 0 Å². The van der Waals surface area contributed by atoms with Gasteiger partial charge in [0.15, 0.2) is 0 Å². The molecule has 0 bridgehead atoms. The second kappa shape index (κ2) is 5.33. The van der Waals surface area contributed by atoms with Crippen LogP contribution in [0.25, 0.3) is 0 Å². The average molecular weight is 274 g/mol. The summed E-state index contributed by atoms with van der Waals surface area (Å²) >= 11 is 0. The normalized spacial score (nSPS) is 47.5. The predicted molar refractivity (Wildman–Crippen MR) is 85.6 cm³/mol. The van der Waals surface area contributed by atoms with Crippen LogP contribution in [0.2, 0.25) is 0 Å². The van der Waals surface area contributed by atoms with E-state index in [1.807, 2.05) is 0 Å². The molecule has 0 aromatic carbocycles. The van der Waals surface area contributed by atoms with E-state index in [0.29, 0.717) is 0 Å². The summed E-state index contributed by atoms with van der Waals surface area (Å²) in [7, 11) is 0. The Hall–Kier alpha value is 0. The SMILES string of the molecule is CC1(C2CCCC3C4CCCCC4CC32)CCCCC1. The molecule has 4 saturated carbocycles. The van der Waals surface area contributed by atoms with Crippen LogP contribution >= 0.6 is 0 Å². The summed E-state index contributed by atoms with van der Waals surface area (Å²) in [6, 6.07) is 0. The van der Waals surface area contributed by atoms with Crippen molar-refractivity contribution in [2.24, 2.45) is 35.0 Å². The van der Waals surface area contributed by atoms with E-state index in [4.69, 9.17) is 0 Å². The Bertz CT molecular complexity index is 338. The zero-order valence-corrected chi connectivity index (χ0v) is 13.6. The summed E-state index contributed by atoms with van der Waals surface area (Å²) in [5.41, 5.74) is 0.731. The molecule has 4 aliphatic rings. The number of hydrogen-bond acceptors (Lipinski definition) is 0. The van der Waals surface area contributed by atoms with Gasteiger partial charge in [-0.3, -0.25) is 0 Å². The summed E-state index contributed by atoms with van der Waals surface area (Å²) in [6.07, 6.45) is 20.3. The lowest BCUT2D eigenvalue weighted by Crippen LogP contribution is -2.39. The van der Waals surface area contributed by atoms with Crippen molar-refractivity contribution in [2.75, 3.05) is 0 Å². The molecule has 0 amide bonds. The summed E-state index contributed by atoms with van der Waals surface area (Å²) in [6.45, 7) is 2.68. The van der Waals surface area contributed by atoms with Crippen LogP contribution in [0.15, 0.2) is 0 Å². The van der Waals surface area contributed by atoms with Gasteiger partial charge < -0.3 is 0 Å². The van der Waals surface area contributed by atoms with E-state index in [1.54, 1.807) is 64.2 Å². The zero-order valence-electron chi connectivity index (χ0n) is 13.6. The quantitative estimate of drug-likeness (QED) is 0.534. The van der Waals surface area contributed by atoms with Crippen molar-refractivity contribution in [3.8, 4) is 0 Å². The molecular formula is C20H34. The molecule has 0 saturated heterocycles. The van der Waals surface area contributed by atoms with Crippen molar-refractivity contribution < 1.29 is 0 Å². The lowest BCUT2D eigenvalue weighted by Gasteiger charge is -2.48. The maximum absolute atomic E-state index is 2.68. The fourth-order valence-corrected chi connectivity index (χ4v) is 7.21. The van der Waals surface area contributed by atoms with E-state index in [1.165, 1.54) is 19.3 Å². The van der Waals surface area contributed by atoms with Crippen LogP contribution in [0.5, 0.6) is 0 Å². The molecule has 114 valence electrons. The fourth-order valence-electron chi connectivity index (χ4n) is 7.21. The van der Waals surface area contributed by atoms with Gasteiger partial charge in [0, 0.05) is 0 Å². The Morgan fingerprint density at radius 2 is 1.40 bits per heavy atom. The molecule has 0 aromatic heterocycles. The Morgan fingerprint density at radius 3 is 2.25 bits per heavy atom. The largest absolute Gasteiger partial charge is 0.0594 e. The molecule has 4 rings (SSSR count). The maximum atomic E-state index is 2.68. The Balaban J connectivity index is 1.55. The van der Waals surface area contributed by atoms with Crippen molar-refractivity contribution in [1.82, 2.24) is 0 Å². The Morgan fingerprint density at radius 1 is 0.650 bits per heavy atom. The van der Waals surface area contributed by atoms with Gasteiger partial charge in [0.1, 0.15) is 0 Å². The molecule has 0 N–H and O–H groups in total. The van der Waals surface area contributed by atoms with E-state index in [-0.39, 0.29) is 0 Å². The topological polar surface area (TPSA) is 0 Å². The molecule has 0 aliphatic heterocycles. The molecule has 0 heteroatoms. The van der Waals surface area contributed by atoms with Crippen molar-refractivity contribution in [3.63, 3.8) is 0 Å². The highest BCUT2D eigenvalue weighted by atomic mass is 14.6. The van der Waals surface area contributed by atoms with Crippen molar-refractivity contribution in [1.29, 1.82) is 0 Å². The minimum atomic E-state index is 0.731. The first-order valence-corrected chi connectivity index (χ1v) is 9.78. The average Bonchev–Trinajstić information content (AvgIpc) is 2.86. The van der Waals surface area contributed by atoms with Crippen molar-refractivity contribution >= 4 is 0 Å². The monoisotopic (exact) mass is 274 g/mol. The maximum Gasteiger partial charge on any atom is -0.0295 e. The molecule has 0 radical (unpaired) electrons. The summed E-state index contributed by atoms with van der Waals surface area (Å²) in [5, 5.41) is 0. The summed E-state index contributed by atoms with van der Waals surface area (Å²) in [5.74, 6) is 5.69. The van der Waals surface area contributed by atoms with Crippen LogP contribution in [0.1, 0.15) is 90.4 Å². The first kappa shape index (κ1) is 13.6. The Labute approximate surface area is 126 Å². The van der Waals surface area contributed by atoms with E-state index in [9.17, 15) is 0 Å². The van der Waals surface area contributed by atoms with Gasteiger partial charge in [-0.1, -0.05) is 51.9 Å².